The van der Waals surface area contributed by atoms with Gasteiger partial charge in [0.25, 0.3) is 0 Å². The molecule has 1 radical (unpaired) electrons. The molecule has 0 unspecified atom stereocenters. The zero-order valence-electron chi connectivity index (χ0n) is 9.10. The van der Waals surface area contributed by atoms with E-state index in [1.54, 1.807) is 57.8 Å². The van der Waals surface area contributed by atoms with E-state index in [1.807, 2.05) is 0 Å². The lowest BCUT2D eigenvalue weighted by molar-refractivity contribution is 0.269. The van der Waals surface area contributed by atoms with Crippen molar-refractivity contribution in [1.29, 1.82) is 0 Å². The number of hydrogen-bond acceptors (Lipinski definition) is 0. The third-order valence-corrected chi connectivity index (χ3v) is 5.96. The topological polar surface area (TPSA) is 0 Å². The largest absolute Gasteiger partial charge is 0.0499 e. The van der Waals surface area contributed by atoms with E-state index in [0.717, 1.165) is 23.2 Å². The van der Waals surface area contributed by atoms with Crippen LogP contribution >= 0.6 is 0 Å². The van der Waals surface area contributed by atoms with Crippen LogP contribution in [0.1, 0.15) is 57.8 Å². The molecule has 4 saturated carbocycles. The zero-order chi connectivity index (χ0) is 9.17. The maximum atomic E-state index is 2.11. The van der Waals surface area contributed by atoms with Crippen molar-refractivity contribution < 1.29 is 0 Å². The van der Waals surface area contributed by atoms with Crippen molar-refractivity contribution in [3.63, 3.8) is 0 Å². The van der Waals surface area contributed by atoms with Gasteiger partial charge in [-0.3, -0.25) is 0 Å². The molecule has 0 nitrogen and oxygen atoms in total. The molecule has 0 amide bonds. The summed E-state index contributed by atoms with van der Waals surface area (Å²) in [5, 5.41) is 0. The van der Waals surface area contributed by atoms with Crippen LogP contribution in [0.3, 0.4) is 0 Å². The predicted molar refractivity (Wildman–Crippen MR) is 57.7 cm³/mol. The lowest BCUT2D eigenvalue weighted by Gasteiger charge is -2.36. The van der Waals surface area contributed by atoms with Crippen LogP contribution in [-0.4, -0.2) is 0 Å². The molecule has 0 aliphatic heterocycles. The molecule has 4 rings (SSSR count). The molecule has 4 aliphatic rings. The fraction of sp³-hybridized carbons (Fsp3) is 0.929. The van der Waals surface area contributed by atoms with Gasteiger partial charge in [-0.2, -0.15) is 0 Å². The van der Waals surface area contributed by atoms with Crippen molar-refractivity contribution in [1.82, 2.24) is 0 Å². The van der Waals surface area contributed by atoms with Gasteiger partial charge in [0.1, 0.15) is 0 Å². The smallest absolute Gasteiger partial charge is 0.0117 e. The minimum atomic E-state index is 0.812. The van der Waals surface area contributed by atoms with Crippen molar-refractivity contribution in [2.24, 2.45) is 23.2 Å². The SMILES string of the molecule is C1CC2([C]3C4CCC3CC4)CCC1C2. The van der Waals surface area contributed by atoms with E-state index in [9.17, 15) is 0 Å². The average Bonchev–Trinajstić information content (AvgIpc) is 2.97. The fourth-order valence-electron chi connectivity index (χ4n) is 5.51. The Hall–Kier alpha value is 0. The molecule has 0 saturated heterocycles. The summed E-state index contributed by atoms with van der Waals surface area (Å²) in [7, 11) is 0. The standard InChI is InChI=1S/C14H21/c1-2-12-4-3-11(1)13(12)14-7-5-10(9-14)6-8-14/h10-12H,1-9H2. The Morgan fingerprint density at radius 1 is 0.786 bits per heavy atom. The van der Waals surface area contributed by atoms with E-state index in [-0.39, 0.29) is 0 Å². The van der Waals surface area contributed by atoms with Crippen LogP contribution in [0.4, 0.5) is 0 Å². The maximum Gasteiger partial charge on any atom is -0.0117 e. The molecule has 0 aromatic rings. The van der Waals surface area contributed by atoms with E-state index in [0.29, 0.717) is 0 Å². The number of hydrogen-bond donors (Lipinski definition) is 0. The van der Waals surface area contributed by atoms with Crippen LogP contribution in [0, 0.1) is 29.1 Å². The monoisotopic (exact) mass is 189 g/mol. The Bertz CT molecular complexity index is 227. The summed E-state index contributed by atoms with van der Waals surface area (Å²) in [6, 6.07) is 0. The highest BCUT2D eigenvalue weighted by molar-refractivity contribution is 5.24. The first-order chi connectivity index (χ1) is 6.87. The summed E-state index contributed by atoms with van der Waals surface area (Å²) in [5.74, 6) is 5.44. The van der Waals surface area contributed by atoms with Crippen LogP contribution in [0.2, 0.25) is 0 Å². The first-order valence-electron chi connectivity index (χ1n) is 6.75. The first kappa shape index (κ1) is 8.19. The number of rotatable bonds is 1. The predicted octanol–water partition coefficient (Wildman–Crippen LogP) is 3.96. The molecule has 0 N–H and O–H groups in total. The Morgan fingerprint density at radius 2 is 1.36 bits per heavy atom. The van der Waals surface area contributed by atoms with Gasteiger partial charge >= 0.3 is 0 Å². The highest BCUT2D eigenvalue weighted by Crippen LogP contribution is 2.68. The Kier molecular flexibility index (Phi) is 1.50. The highest BCUT2D eigenvalue weighted by atomic mass is 14.6. The van der Waals surface area contributed by atoms with Gasteiger partial charge < -0.3 is 0 Å². The van der Waals surface area contributed by atoms with Crippen molar-refractivity contribution in [3.8, 4) is 0 Å². The third-order valence-electron chi connectivity index (χ3n) is 5.96. The molecule has 0 aromatic carbocycles. The van der Waals surface area contributed by atoms with E-state index in [2.05, 4.69) is 5.92 Å². The van der Waals surface area contributed by atoms with E-state index < -0.39 is 0 Å². The Balaban J connectivity index is 1.68. The second-order valence-electron chi connectivity index (χ2n) is 6.43. The molecule has 14 heavy (non-hydrogen) atoms. The molecule has 0 atom stereocenters. The Labute approximate surface area is 87.5 Å². The Morgan fingerprint density at radius 3 is 1.79 bits per heavy atom. The van der Waals surface area contributed by atoms with Gasteiger partial charge in [-0.1, -0.05) is 0 Å². The lowest BCUT2D eigenvalue weighted by atomic mass is 9.68. The molecule has 0 heterocycles. The fourth-order valence-corrected chi connectivity index (χ4v) is 5.51. The van der Waals surface area contributed by atoms with Crippen LogP contribution in [-0.2, 0) is 0 Å². The summed E-state index contributed by atoms with van der Waals surface area (Å²) in [4.78, 5) is 0. The van der Waals surface area contributed by atoms with E-state index >= 15 is 0 Å². The van der Waals surface area contributed by atoms with Crippen LogP contribution in [0.25, 0.3) is 0 Å². The summed E-state index contributed by atoms with van der Waals surface area (Å²) in [5.41, 5.74) is 0.812. The maximum absolute atomic E-state index is 2.11. The third kappa shape index (κ3) is 0.864. The summed E-state index contributed by atoms with van der Waals surface area (Å²) in [6.45, 7) is 0. The summed E-state index contributed by atoms with van der Waals surface area (Å²) < 4.78 is 0. The van der Waals surface area contributed by atoms with Crippen molar-refractivity contribution in [2.45, 2.75) is 57.8 Å². The molecule has 4 bridgehead atoms. The van der Waals surface area contributed by atoms with Gasteiger partial charge in [-0.25, -0.2) is 0 Å². The quantitative estimate of drug-likeness (QED) is 0.585. The van der Waals surface area contributed by atoms with Crippen LogP contribution in [0.5, 0.6) is 0 Å². The van der Waals surface area contributed by atoms with Crippen molar-refractivity contribution in [2.75, 3.05) is 0 Å². The second-order valence-corrected chi connectivity index (χ2v) is 6.43. The molecular formula is C14H21. The lowest BCUT2D eigenvalue weighted by Crippen LogP contribution is -2.27. The first-order valence-corrected chi connectivity index (χ1v) is 6.75. The van der Waals surface area contributed by atoms with Crippen molar-refractivity contribution >= 4 is 0 Å². The minimum Gasteiger partial charge on any atom is -0.0499 e. The van der Waals surface area contributed by atoms with Gasteiger partial charge in [0, 0.05) is 0 Å². The molecule has 0 aromatic heterocycles. The molecule has 0 spiro atoms. The van der Waals surface area contributed by atoms with Gasteiger partial charge in [-0.05, 0) is 86.9 Å². The zero-order valence-corrected chi connectivity index (χ0v) is 9.10. The summed E-state index contributed by atoms with van der Waals surface area (Å²) in [6.07, 6.45) is 14.2. The number of fused-ring (bicyclic) bond motifs is 5. The van der Waals surface area contributed by atoms with Crippen molar-refractivity contribution in [3.05, 3.63) is 5.92 Å². The summed E-state index contributed by atoms with van der Waals surface area (Å²) >= 11 is 0. The van der Waals surface area contributed by atoms with E-state index in [1.165, 1.54) is 0 Å². The molecule has 4 fully saturated rings. The van der Waals surface area contributed by atoms with Crippen LogP contribution in [0.15, 0.2) is 0 Å². The normalized spacial score (nSPS) is 56.1. The van der Waals surface area contributed by atoms with Gasteiger partial charge in [0.05, 0.1) is 0 Å². The van der Waals surface area contributed by atoms with Gasteiger partial charge in [0.2, 0.25) is 0 Å². The minimum absolute atomic E-state index is 0.812. The van der Waals surface area contributed by atoms with Gasteiger partial charge in [-0.15, -0.1) is 0 Å². The van der Waals surface area contributed by atoms with Crippen LogP contribution < -0.4 is 0 Å². The second kappa shape index (κ2) is 2.57. The average molecular weight is 189 g/mol. The molecular weight excluding hydrogens is 168 g/mol. The highest BCUT2D eigenvalue weighted by Gasteiger charge is 2.57. The molecule has 4 aliphatic carbocycles. The van der Waals surface area contributed by atoms with Gasteiger partial charge in [0.15, 0.2) is 0 Å². The molecule has 0 heteroatoms. The van der Waals surface area contributed by atoms with E-state index in [4.69, 9.17) is 0 Å². The molecule has 77 valence electrons.